The molecule has 1 aromatic heterocycles. The lowest BCUT2D eigenvalue weighted by Crippen LogP contribution is -2.33. The van der Waals surface area contributed by atoms with Crippen LogP contribution in [0.3, 0.4) is 0 Å². The second-order valence-corrected chi connectivity index (χ2v) is 6.81. The molecule has 21 heavy (non-hydrogen) atoms. The Balaban J connectivity index is 1.91. The highest BCUT2D eigenvalue weighted by Crippen LogP contribution is 2.38. The van der Waals surface area contributed by atoms with Crippen molar-refractivity contribution in [1.29, 1.82) is 0 Å². The van der Waals surface area contributed by atoms with Crippen LogP contribution in [0, 0.1) is 5.41 Å². The maximum atomic E-state index is 11.8. The van der Waals surface area contributed by atoms with E-state index in [1.807, 2.05) is 18.2 Å². The Hall–Kier alpha value is -1.36. The van der Waals surface area contributed by atoms with E-state index < -0.39 is 11.4 Å². The molecule has 112 valence electrons. The molecule has 1 fully saturated rings. The Morgan fingerprint density at radius 1 is 1.29 bits per heavy atom. The molecule has 0 bridgehead atoms. The number of carboxylic acids is 1. The van der Waals surface area contributed by atoms with Crippen molar-refractivity contribution in [2.24, 2.45) is 5.41 Å². The first-order valence-electron chi connectivity index (χ1n) is 7.37. The van der Waals surface area contributed by atoms with Crippen molar-refractivity contribution in [2.75, 3.05) is 0 Å². The third-order valence-electron chi connectivity index (χ3n) is 4.40. The highest BCUT2D eigenvalue weighted by Gasteiger charge is 2.40. The zero-order valence-corrected chi connectivity index (χ0v) is 13.4. The number of aromatic nitrogens is 1. The van der Waals surface area contributed by atoms with E-state index >= 15 is 0 Å². The van der Waals surface area contributed by atoms with E-state index in [9.17, 15) is 9.90 Å². The number of oxazole rings is 1. The molecule has 1 N–H and O–H groups in total. The largest absolute Gasteiger partial charge is 0.481 e. The van der Waals surface area contributed by atoms with Crippen LogP contribution in [0.15, 0.2) is 27.1 Å². The number of carbonyl (C=O) groups is 1. The fourth-order valence-electron chi connectivity index (χ4n) is 3.18. The summed E-state index contributed by atoms with van der Waals surface area (Å²) in [5.74, 6) is -0.180. The summed E-state index contributed by atoms with van der Waals surface area (Å²) in [5.41, 5.74) is 0.769. The van der Waals surface area contributed by atoms with E-state index in [1.54, 1.807) is 0 Å². The molecular weight excluding hydrogens is 334 g/mol. The van der Waals surface area contributed by atoms with Crippen molar-refractivity contribution in [2.45, 2.75) is 44.9 Å². The van der Waals surface area contributed by atoms with Crippen LogP contribution >= 0.6 is 15.9 Å². The molecule has 0 spiro atoms. The molecule has 0 radical (unpaired) electrons. The van der Waals surface area contributed by atoms with Crippen molar-refractivity contribution in [3.63, 3.8) is 0 Å². The van der Waals surface area contributed by atoms with Gasteiger partial charge in [0.05, 0.1) is 5.41 Å². The quantitative estimate of drug-likeness (QED) is 0.823. The van der Waals surface area contributed by atoms with Gasteiger partial charge >= 0.3 is 5.97 Å². The number of nitrogens with zero attached hydrogens (tertiary/aromatic N) is 1. The van der Waals surface area contributed by atoms with Gasteiger partial charge in [-0.05, 0) is 31.0 Å². The van der Waals surface area contributed by atoms with Crippen LogP contribution in [-0.2, 0) is 11.2 Å². The number of benzene rings is 1. The predicted octanol–water partition coefficient (Wildman–Crippen LogP) is 4.56. The van der Waals surface area contributed by atoms with Crippen molar-refractivity contribution < 1.29 is 14.3 Å². The topological polar surface area (TPSA) is 63.3 Å². The molecular formula is C16H18BrNO3. The van der Waals surface area contributed by atoms with E-state index in [-0.39, 0.29) is 0 Å². The van der Waals surface area contributed by atoms with Gasteiger partial charge in [0.15, 0.2) is 11.5 Å². The summed E-state index contributed by atoms with van der Waals surface area (Å²) in [5, 5.41) is 9.72. The predicted molar refractivity (Wildman–Crippen MR) is 83.2 cm³/mol. The second-order valence-electron chi connectivity index (χ2n) is 5.90. The van der Waals surface area contributed by atoms with Gasteiger partial charge in [-0.2, -0.15) is 0 Å². The summed E-state index contributed by atoms with van der Waals surface area (Å²) in [6.07, 6.45) is 5.99. The van der Waals surface area contributed by atoms with E-state index in [0.29, 0.717) is 30.7 Å². The van der Waals surface area contributed by atoms with Gasteiger partial charge < -0.3 is 9.52 Å². The minimum atomic E-state index is -0.715. The standard InChI is InChI=1S/C16H18BrNO3/c17-11-5-6-13-12(9-11)18-14(21-13)10-16(15(19)20)7-3-1-2-4-8-16/h5-6,9H,1-4,7-8,10H2,(H,19,20). The Morgan fingerprint density at radius 2 is 2.00 bits per heavy atom. The summed E-state index contributed by atoms with van der Waals surface area (Å²) in [7, 11) is 0. The smallest absolute Gasteiger partial charge is 0.310 e. The summed E-state index contributed by atoms with van der Waals surface area (Å²) < 4.78 is 6.69. The first kappa shape index (κ1) is 14.6. The molecule has 1 aliphatic carbocycles. The van der Waals surface area contributed by atoms with Crippen molar-refractivity contribution in [1.82, 2.24) is 4.98 Å². The zero-order chi connectivity index (χ0) is 14.9. The zero-order valence-electron chi connectivity index (χ0n) is 11.8. The molecule has 1 aromatic carbocycles. The molecule has 0 amide bonds. The first-order valence-corrected chi connectivity index (χ1v) is 8.17. The van der Waals surface area contributed by atoms with E-state index in [2.05, 4.69) is 20.9 Å². The Labute approximate surface area is 131 Å². The van der Waals surface area contributed by atoms with Gasteiger partial charge in [0.2, 0.25) is 0 Å². The van der Waals surface area contributed by atoms with E-state index in [1.165, 1.54) is 0 Å². The fraction of sp³-hybridized carbons (Fsp3) is 0.500. The number of fused-ring (bicyclic) bond motifs is 1. The second kappa shape index (κ2) is 5.79. The summed E-state index contributed by atoms with van der Waals surface area (Å²) >= 11 is 3.41. The Kier molecular flexibility index (Phi) is 4.02. The Bertz CT molecular complexity index is 657. The molecule has 0 saturated heterocycles. The number of halogens is 1. The van der Waals surface area contributed by atoms with Crippen molar-refractivity contribution >= 4 is 33.0 Å². The highest BCUT2D eigenvalue weighted by molar-refractivity contribution is 9.10. The minimum absolute atomic E-state index is 0.384. The molecule has 0 aliphatic heterocycles. The molecule has 4 nitrogen and oxygen atoms in total. The van der Waals surface area contributed by atoms with Crippen LogP contribution in [0.25, 0.3) is 11.1 Å². The van der Waals surface area contributed by atoms with E-state index in [0.717, 1.165) is 35.7 Å². The maximum absolute atomic E-state index is 11.8. The highest BCUT2D eigenvalue weighted by atomic mass is 79.9. The van der Waals surface area contributed by atoms with Crippen LogP contribution < -0.4 is 0 Å². The summed E-state index contributed by atoms with van der Waals surface area (Å²) in [6.45, 7) is 0. The minimum Gasteiger partial charge on any atom is -0.481 e. The molecule has 2 aromatic rings. The fourth-order valence-corrected chi connectivity index (χ4v) is 3.53. The van der Waals surface area contributed by atoms with Gasteiger partial charge in [0.1, 0.15) is 5.52 Å². The van der Waals surface area contributed by atoms with Gasteiger partial charge in [0.25, 0.3) is 0 Å². The van der Waals surface area contributed by atoms with Crippen LogP contribution in [0.4, 0.5) is 0 Å². The van der Waals surface area contributed by atoms with Crippen molar-refractivity contribution in [3.8, 4) is 0 Å². The number of carboxylic acid groups (broad SMARTS) is 1. The number of rotatable bonds is 3. The van der Waals surface area contributed by atoms with Gasteiger partial charge in [0, 0.05) is 10.9 Å². The van der Waals surface area contributed by atoms with Crippen LogP contribution in [0.2, 0.25) is 0 Å². The molecule has 1 heterocycles. The number of aliphatic carboxylic acids is 1. The average molecular weight is 352 g/mol. The third kappa shape index (κ3) is 2.98. The van der Waals surface area contributed by atoms with Crippen molar-refractivity contribution in [3.05, 3.63) is 28.6 Å². The molecule has 0 atom stereocenters. The van der Waals surface area contributed by atoms with Gasteiger partial charge in [-0.3, -0.25) is 4.79 Å². The lowest BCUT2D eigenvalue weighted by atomic mass is 9.77. The molecule has 0 unspecified atom stereocenters. The number of hydrogen-bond donors (Lipinski definition) is 1. The lowest BCUT2D eigenvalue weighted by Gasteiger charge is -2.26. The Morgan fingerprint density at radius 3 is 2.67 bits per heavy atom. The maximum Gasteiger partial charge on any atom is 0.310 e. The van der Waals surface area contributed by atoms with E-state index in [4.69, 9.17) is 4.42 Å². The summed E-state index contributed by atoms with van der Waals surface area (Å²) in [4.78, 5) is 16.3. The normalized spacial score (nSPS) is 18.5. The molecule has 3 rings (SSSR count). The SMILES string of the molecule is O=C(O)C1(Cc2nc3cc(Br)ccc3o2)CCCCCC1. The van der Waals surface area contributed by atoms with Crippen LogP contribution in [0.5, 0.6) is 0 Å². The monoisotopic (exact) mass is 351 g/mol. The molecule has 5 heteroatoms. The first-order chi connectivity index (χ1) is 10.1. The molecule has 1 aliphatic rings. The third-order valence-corrected chi connectivity index (χ3v) is 4.89. The molecule has 1 saturated carbocycles. The van der Waals surface area contributed by atoms with Crippen LogP contribution in [-0.4, -0.2) is 16.1 Å². The van der Waals surface area contributed by atoms with Gasteiger partial charge in [-0.15, -0.1) is 0 Å². The van der Waals surface area contributed by atoms with Gasteiger partial charge in [-0.1, -0.05) is 41.6 Å². The van der Waals surface area contributed by atoms with Gasteiger partial charge in [-0.25, -0.2) is 4.98 Å². The summed E-state index contributed by atoms with van der Waals surface area (Å²) in [6, 6.07) is 5.65. The van der Waals surface area contributed by atoms with Crippen LogP contribution in [0.1, 0.15) is 44.4 Å². The average Bonchev–Trinajstić information content (AvgIpc) is 2.67. The lowest BCUT2D eigenvalue weighted by molar-refractivity contribution is -0.150. The number of hydrogen-bond acceptors (Lipinski definition) is 3.